The molecule has 162 valence electrons. The number of hydrogen-bond acceptors (Lipinski definition) is 8. The fraction of sp³-hybridized carbons (Fsp3) is 0.778. The van der Waals surface area contributed by atoms with Crippen LogP contribution in [0, 0.1) is 22.7 Å². The summed E-state index contributed by atoms with van der Waals surface area (Å²) < 4.78 is 6.34. The first-order valence-corrected chi connectivity index (χ1v) is 15.7. The lowest BCUT2D eigenvalue weighted by molar-refractivity contribution is -0.121. The lowest BCUT2D eigenvalue weighted by Gasteiger charge is -2.34. The second-order valence-corrected chi connectivity index (χ2v) is 17.5. The normalized spacial score (nSPS) is 16.3. The van der Waals surface area contributed by atoms with Crippen molar-refractivity contribution in [1.29, 1.82) is 10.5 Å². The van der Waals surface area contributed by atoms with E-state index in [0.717, 1.165) is 6.17 Å². The van der Waals surface area contributed by atoms with E-state index >= 15 is 0 Å². The summed E-state index contributed by atoms with van der Waals surface area (Å²) in [5, 5.41) is 32.6. The van der Waals surface area contributed by atoms with Gasteiger partial charge in [0.15, 0.2) is 27.7 Å². The molecular weight excluding hydrogens is 404 g/mol. The minimum absolute atomic E-state index is 0.107. The number of amides is 1. The van der Waals surface area contributed by atoms with E-state index in [2.05, 4.69) is 34.0 Å². The number of ketones is 1. The Bertz CT molecular complexity index is 713. The lowest BCUT2D eigenvalue weighted by atomic mass is 9.98. The number of nitriles is 2. The monoisotopic (exact) mass is 438 g/mol. The number of Topliss-reactive ketones (excluding diaryl/α,β-unsaturated/α-hetero) is 1. The summed E-state index contributed by atoms with van der Waals surface area (Å²) in [6.07, 6.45) is 0.938. The van der Waals surface area contributed by atoms with Crippen molar-refractivity contribution < 1.29 is 13.7 Å². The Morgan fingerprint density at radius 3 is 1.83 bits per heavy atom. The minimum atomic E-state index is -2.12. The number of hydrogen-bond donors (Lipinski definition) is 2. The second kappa shape index (κ2) is 10.7. The third kappa shape index (κ3) is 11.0. The molecule has 0 aromatic carbocycles. The van der Waals surface area contributed by atoms with E-state index in [1.165, 1.54) is 20.8 Å². The van der Waals surface area contributed by atoms with Crippen LogP contribution in [-0.4, -0.2) is 58.8 Å². The first kappa shape index (κ1) is 27.1. The molecule has 2 N–H and O–H groups in total. The van der Waals surface area contributed by atoms with Crippen molar-refractivity contribution in [3.05, 3.63) is 0 Å². The zero-order chi connectivity index (χ0) is 22.9. The fourth-order valence-corrected chi connectivity index (χ4v) is 10.9. The maximum absolute atomic E-state index is 12.4. The molecule has 0 aromatic heterocycles. The number of nitrogens with zero attached hydrogens (tertiary/aromatic N) is 4. The summed E-state index contributed by atoms with van der Waals surface area (Å²) in [5.41, 5.74) is -2.78. The van der Waals surface area contributed by atoms with Crippen molar-refractivity contribution in [2.45, 2.75) is 70.9 Å². The van der Waals surface area contributed by atoms with Crippen molar-refractivity contribution >= 4 is 28.3 Å². The van der Waals surface area contributed by atoms with Crippen molar-refractivity contribution in [3.8, 4) is 12.1 Å². The second-order valence-electron chi connectivity index (χ2n) is 8.96. The summed E-state index contributed by atoms with van der Waals surface area (Å²) >= 11 is 0. The predicted molar refractivity (Wildman–Crippen MR) is 116 cm³/mol. The number of nitrogens with one attached hydrogen (secondary N) is 2. The van der Waals surface area contributed by atoms with Gasteiger partial charge in [0.05, 0.1) is 18.6 Å². The van der Waals surface area contributed by atoms with E-state index in [4.69, 9.17) is 4.12 Å². The van der Waals surface area contributed by atoms with Gasteiger partial charge in [-0.25, -0.2) is 0 Å². The molecule has 11 heteroatoms. The van der Waals surface area contributed by atoms with Gasteiger partial charge in [-0.15, -0.1) is 0 Å². The molecule has 0 fully saturated rings. The van der Waals surface area contributed by atoms with Gasteiger partial charge in [-0.2, -0.15) is 20.8 Å². The van der Waals surface area contributed by atoms with Gasteiger partial charge in [0, 0.05) is 18.8 Å². The molecule has 1 amide bonds. The smallest absolute Gasteiger partial charge is 0.223 e. The van der Waals surface area contributed by atoms with E-state index < -0.39 is 27.7 Å². The van der Waals surface area contributed by atoms with Crippen LogP contribution in [0.25, 0.3) is 0 Å². The van der Waals surface area contributed by atoms with Gasteiger partial charge in [0.2, 0.25) is 5.91 Å². The summed E-state index contributed by atoms with van der Waals surface area (Å²) in [6, 6.07) is 3.91. The van der Waals surface area contributed by atoms with Crippen LogP contribution in [0.15, 0.2) is 10.2 Å². The quantitative estimate of drug-likeness (QED) is 0.353. The third-order valence-electron chi connectivity index (χ3n) is 3.94. The first-order valence-electron chi connectivity index (χ1n) is 9.49. The highest BCUT2D eigenvalue weighted by atomic mass is 28.4. The summed E-state index contributed by atoms with van der Waals surface area (Å²) in [7, 11) is -2.10. The predicted octanol–water partition coefficient (Wildman–Crippen LogP) is 2.21. The molecule has 0 heterocycles. The average Bonchev–Trinajstić information content (AvgIpc) is 2.57. The van der Waals surface area contributed by atoms with Crippen LogP contribution >= 0.6 is 0 Å². The summed E-state index contributed by atoms with van der Waals surface area (Å²) in [4.78, 5) is 23.7. The zero-order valence-corrected chi connectivity index (χ0v) is 20.8. The summed E-state index contributed by atoms with van der Waals surface area (Å²) in [6.45, 7) is 12.6. The molecule has 2 unspecified atom stereocenters. The molecule has 0 aromatic rings. The van der Waals surface area contributed by atoms with Crippen molar-refractivity contribution in [2.24, 2.45) is 10.2 Å². The molecule has 0 bridgehead atoms. The maximum atomic E-state index is 12.4. The van der Waals surface area contributed by atoms with Crippen molar-refractivity contribution in [3.63, 3.8) is 0 Å². The molecule has 9 nitrogen and oxygen atoms in total. The minimum Gasteiger partial charge on any atom is -0.453 e. The van der Waals surface area contributed by atoms with Gasteiger partial charge in [-0.05, 0) is 54.0 Å². The van der Waals surface area contributed by atoms with Gasteiger partial charge < -0.3 is 14.7 Å². The number of carbonyl (C=O) groups is 2. The van der Waals surface area contributed by atoms with E-state index in [1.807, 2.05) is 32.3 Å². The topological polar surface area (TPSA) is 140 Å². The van der Waals surface area contributed by atoms with Gasteiger partial charge in [0.1, 0.15) is 5.78 Å². The largest absolute Gasteiger partial charge is 0.453 e. The highest BCUT2D eigenvalue weighted by Crippen LogP contribution is 2.21. The third-order valence-corrected chi connectivity index (χ3v) is 10.6. The molecule has 29 heavy (non-hydrogen) atoms. The van der Waals surface area contributed by atoms with Crippen molar-refractivity contribution in [2.75, 3.05) is 19.4 Å². The molecule has 0 saturated heterocycles. The van der Waals surface area contributed by atoms with Crippen LogP contribution in [0.3, 0.4) is 0 Å². The van der Waals surface area contributed by atoms with Crippen molar-refractivity contribution in [1.82, 2.24) is 10.6 Å². The van der Waals surface area contributed by atoms with Crippen LogP contribution in [0.1, 0.15) is 33.6 Å². The van der Waals surface area contributed by atoms with E-state index in [9.17, 15) is 20.1 Å². The lowest BCUT2D eigenvalue weighted by Crippen LogP contribution is -2.55. The van der Waals surface area contributed by atoms with Crippen LogP contribution in [0.2, 0.25) is 26.2 Å². The van der Waals surface area contributed by atoms with E-state index in [1.54, 1.807) is 0 Å². The fourth-order valence-electron chi connectivity index (χ4n) is 2.83. The standard InChI is InChI=1S/C18H34N6O3Si2/c1-15(25)9-17(2,11-19)23-24-18(3,12-20)10-16(26)22-14-29(7,8)27-28(5,6)13-21-4/h21H,9-10,13-14H2,1-8H3,(H,22,26). The number of carbonyl (C=O) groups excluding carboxylic acids is 2. The average molecular weight is 439 g/mol. The first-order chi connectivity index (χ1) is 13.1. The Balaban J connectivity index is 5.03. The van der Waals surface area contributed by atoms with Crippen LogP contribution in [-0.2, 0) is 13.7 Å². The molecule has 0 aliphatic rings. The zero-order valence-electron chi connectivity index (χ0n) is 18.8. The van der Waals surface area contributed by atoms with Gasteiger partial charge >= 0.3 is 0 Å². The maximum Gasteiger partial charge on any atom is 0.223 e. The highest BCUT2D eigenvalue weighted by Gasteiger charge is 2.35. The van der Waals surface area contributed by atoms with Crippen LogP contribution in [0.4, 0.5) is 0 Å². The molecule has 2 atom stereocenters. The van der Waals surface area contributed by atoms with Gasteiger partial charge in [0.25, 0.3) is 0 Å². The van der Waals surface area contributed by atoms with Gasteiger partial charge in [-0.3, -0.25) is 9.59 Å². The Kier molecular flexibility index (Phi) is 10.0. The van der Waals surface area contributed by atoms with Crippen LogP contribution < -0.4 is 10.6 Å². The number of azo groups is 1. The number of rotatable bonds is 12. The van der Waals surface area contributed by atoms with E-state index in [0.29, 0.717) is 6.17 Å². The Labute approximate surface area is 176 Å². The van der Waals surface area contributed by atoms with Gasteiger partial charge in [-0.1, -0.05) is 0 Å². The van der Waals surface area contributed by atoms with E-state index in [-0.39, 0.29) is 24.5 Å². The molecule has 0 spiro atoms. The highest BCUT2D eigenvalue weighted by molar-refractivity contribution is 6.85. The summed E-state index contributed by atoms with van der Waals surface area (Å²) in [5.74, 6) is -0.545. The Morgan fingerprint density at radius 2 is 1.41 bits per heavy atom. The Hall–Kier alpha value is -1.93. The molecule has 0 radical (unpaired) electrons. The Morgan fingerprint density at radius 1 is 0.966 bits per heavy atom. The molecule has 0 aliphatic heterocycles. The molecular formula is C18H34N6O3Si2. The SMILES string of the molecule is CNC[Si](C)(C)O[Si](C)(C)CNC(=O)CC(C)(C#N)N=NC(C)(C#N)CC(C)=O. The van der Waals surface area contributed by atoms with Crippen LogP contribution in [0.5, 0.6) is 0 Å². The molecule has 0 saturated carbocycles. The molecule has 0 aliphatic carbocycles. The molecule has 0 rings (SSSR count).